The Morgan fingerprint density at radius 3 is 2.69 bits per heavy atom. The number of thiophene rings is 1. The molecule has 136 valence electrons. The van der Waals surface area contributed by atoms with Crippen molar-refractivity contribution in [3.63, 3.8) is 0 Å². The van der Waals surface area contributed by atoms with E-state index in [9.17, 15) is 10.1 Å². The van der Waals surface area contributed by atoms with Gasteiger partial charge in [0.15, 0.2) is 0 Å². The molecule has 1 atom stereocenters. The molecule has 1 aromatic heterocycles. The molecule has 1 aliphatic carbocycles. The van der Waals surface area contributed by atoms with Gasteiger partial charge in [-0.2, -0.15) is 5.26 Å². The molecule has 0 radical (unpaired) electrons. The number of amides is 1. The lowest BCUT2D eigenvalue weighted by Crippen LogP contribution is -2.33. The van der Waals surface area contributed by atoms with Gasteiger partial charge in [0.25, 0.3) is 0 Å². The molecule has 2 N–H and O–H groups in total. The maximum absolute atomic E-state index is 12.4. The van der Waals surface area contributed by atoms with Crippen LogP contribution in [-0.2, 0) is 17.6 Å². The molecular weight excluding hydrogens is 366 g/mol. The number of nitrogens with zero attached hydrogens (tertiary/aromatic N) is 1. The average Bonchev–Trinajstić information content (AvgIpc) is 3.16. The second kappa shape index (κ2) is 8.22. The Hall–Kier alpha value is -1.87. The molecule has 1 aromatic carbocycles. The quantitative estimate of drug-likeness (QED) is 0.755. The molecule has 0 spiro atoms. The number of hydrogen-bond acceptors (Lipinski definition) is 4. The Morgan fingerprint density at radius 2 is 2.04 bits per heavy atom. The van der Waals surface area contributed by atoms with Crippen molar-refractivity contribution < 1.29 is 4.79 Å². The van der Waals surface area contributed by atoms with E-state index in [-0.39, 0.29) is 18.5 Å². The molecule has 0 saturated heterocycles. The molecule has 1 unspecified atom stereocenters. The summed E-state index contributed by atoms with van der Waals surface area (Å²) in [6.07, 6.45) is 3.05. The van der Waals surface area contributed by atoms with Gasteiger partial charge in [-0.05, 0) is 48.4 Å². The summed E-state index contributed by atoms with van der Waals surface area (Å²) in [5.74, 6) is 0.199. The molecular formula is C20H22ClN3OS. The van der Waals surface area contributed by atoms with Crippen molar-refractivity contribution in [2.75, 3.05) is 11.9 Å². The van der Waals surface area contributed by atoms with Crippen LogP contribution >= 0.6 is 22.9 Å². The lowest BCUT2D eigenvalue weighted by molar-refractivity contribution is -0.115. The van der Waals surface area contributed by atoms with Gasteiger partial charge in [-0.3, -0.25) is 4.79 Å². The van der Waals surface area contributed by atoms with E-state index in [0.29, 0.717) is 21.5 Å². The summed E-state index contributed by atoms with van der Waals surface area (Å²) >= 11 is 7.51. The maximum Gasteiger partial charge on any atom is 0.238 e. The highest BCUT2D eigenvalue weighted by atomic mass is 35.5. The number of fused-ring (bicyclic) bond motifs is 1. The maximum atomic E-state index is 12.4. The van der Waals surface area contributed by atoms with Gasteiger partial charge in [0.1, 0.15) is 11.1 Å². The van der Waals surface area contributed by atoms with Crippen LogP contribution in [0.5, 0.6) is 0 Å². The van der Waals surface area contributed by atoms with Gasteiger partial charge in [0.05, 0.1) is 12.1 Å². The van der Waals surface area contributed by atoms with Crippen LogP contribution < -0.4 is 10.6 Å². The number of halogens is 1. The fourth-order valence-corrected chi connectivity index (χ4v) is 4.77. The van der Waals surface area contributed by atoms with Gasteiger partial charge in [0, 0.05) is 15.9 Å². The molecule has 26 heavy (non-hydrogen) atoms. The minimum atomic E-state index is -0.124. The number of anilines is 1. The Labute approximate surface area is 163 Å². The molecule has 0 fully saturated rings. The number of benzene rings is 1. The van der Waals surface area contributed by atoms with Gasteiger partial charge < -0.3 is 10.6 Å². The fraction of sp³-hybridized carbons (Fsp3) is 0.400. The second-order valence-corrected chi connectivity index (χ2v) is 8.42. The summed E-state index contributed by atoms with van der Waals surface area (Å²) in [4.78, 5) is 13.7. The third kappa shape index (κ3) is 4.09. The van der Waals surface area contributed by atoms with Crippen LogP contribution in [0, 0.1) is 17.2 Å². The van der Waals surface area contributed by atoms with E-state index in [4.69, 9.17) is 11.6 Å². The van der Waals surface area contributed by atoms with Crippen molar-refractivity contribution in [2.24, 2.45) is 5.92 Å². The van der Waals surface area contributed by atoms with Crippen LogP contribution in [-0.4, -0.2) is 12.5 Å². The van der Waals surface area contributed by atoms with Crippen molar-refractivity contribution in [3.05, 3.63) is 50.9 Å². The number of carbonyl (C=O) groups is 1. The number of nitrogens with one attached hydrogen (secondary N) is 2. The SMILES string of the molecule is CC(C)C(NCC(=O)Nc1sc2c(c1C#N)CCC2)c1ccc(Cl)cc1. The highest BCUT2D eigenvalue weighted by Crippen LogP contribution is 2.38. The zero-order chi connectivity index (χ0) is 18.7. The van der Waals surface area contributed by atoms with Crippen molar-refractivity contribution in [1.82, 2.24) is 5.32 Å². The molecule has 3 rings (SSSR count). The van der Waals surface area contributed by atoms with Gasteiger partial charge in [-0.25, -0.2) is 0 Å². The summed E-state index contributed by atoms with van der Waals surface area (Å²) in [7, 11) is 0. The standard InChI is InChI=1S/C20H22ClN3OS/c1-12(2)19(13-6-8-14(21)9-7-13)23-11-18(25)24-20-16(10-22)15-4-3-5-17(15)26-20/h6-9,12,19,23H,3-5,11H2,1-2H3,(H,24,25). The number of aryl methyl sites for hydroxylation is 1. The first-order chi connectivity index (χ1) is 12.5. The van der Waals surface area contributed by atoms with Crippen molar-refractivity contribution in [2.45, 2.75) is 39.2 Å². The second-order valence-electron chi connectivity index (χ2n) is 6.88. The minimum Gasteiger partial charge on any atom is -0.315 e. The van der Waals surface area contributed by atoms with E-state index < -0.39 is 0 Å². The van der Waals surface area contributed by atoms with Crippen molar-refractivity contribution in [1.29, 1.82) is 5.26 Å². The van der Waals surface area contributed by atoms with E-state index >= 15 is 0 Å². The molecule has 1 amide bonds. The van der Waals surface area contributed by atoms with E-state index in [1.54, 1.807) is 11.3 Å². The zero-order valence-electron chi connectivity index (χ0n) is 14.9. The molecule has 6 heteroatoms. The van der Waals surface area contributed by atoms with Gasteiger partial charge in [-0.1, -0.05) is 37.6 Å². The number of hydrogen-bond donors (Lipinski definition) is 2. The summed E-state index contributed by atoms with van der Waals surface area (Å²) in [6.45, 7) is 4.42. The Balaban J connectivity index is 1.64. The lowest BCUT2D eigenvalue weighted by atomic mass is 9.96. The molecule has 1 heterocycles. The molecule has 2 aromatic rings. The molecule has 0 saturated carbocycles. The first-order valence-corrected chi connectivity index (χ1v) is 10.0. The molecule has 1 aliphatic rings. The summed E-state index contributed by atoms with van der Waals surface area (Å²) in [5, 5.41) is 17.1. The highest BCUT2D eigenvalue weighted by Gasteiger charge is 2.23. The molecule has 0 bridgehead atoms. The smallest absolute Gasteiger partial charge is 0.238 e. The van der Waals surface area contributed by atoms with Crippen molar-refractivity contribution in [3.8, 4) is 6.07 Å². The zero-order valence-corrected chi connectivity index (χ0v) is 16.5. The van der Waals surface area contributed by atoms with Crippen LogP contribution in [0.15, 0.2) is 24.3 Å². The number of carbonyl (C=O) groups excluding carboxylic acids is 1. The Bertz CT molecular complexity index is 836. The van der Waals surface area contributed by atoms with E-state index in [1.807, 2.05) is 24.3 Å². The minimum absolute atomic E-state index is 0.0572. The summed E-state index contributed by atoms with van der Waals surface area (Å²) in [6, 6.07) is 10.0. The molecule has 0 aliphatic heterocycles. The molecule has 4 nitrogen and oxygen atoms in total. The monoisotopic (exact) mass is 387 g/mol. The van der Waals surface area contributed by atoms with Crippen LogP contribution in [0.25, 0.3) is 0 Å². The van der Waals surface area contributed by atoms with Gasteiger partial charge in [-0.15, -0.1) is 11.3 Å². The Kier molecular flexibility index (Phi) is 5.98. The summed E-state index contributed by atoms with van der Waals surface area (Å²) < 4.78 is 0. The van der Waals surface area contributed by atoms with Crippen LogP contribution in [0.1, 0.15) is 47.9 Å². The van der Waals surface area contributed by atoms with Gasteiger partial charge >= 0.3 is 0 Å². The third-order valence-electron chi connectivity index (χ3n) is 4.66. The van der Waals surface area contributed by atoms with E-state index in [1.165, 1.54) is 4.88 Å². The predicted molar refractivity (Wildman–Crippen MR) is 107 cm³/mol. The summed E-state index contributed by atoms with van der Waals surface area (Å²) in [5.41, 5.74) is 2.88. The van der Waals surface area contributed by atoms with Gasteiger partial charge in [0.2, 0.25) is 5.91 Å². The number of rotatable bonds is 6. The van der Waals surface area contributed by atoms with Crippen LogP contribution in [0.2, 0.25) is 5.02 Å². The third-order valence-corrected chi connectivity index (χ3v) is 6.12. The largest absolute Gasteiger partial charge is 0.315 e. The Morgan fingerprint density at radius 1 is 1.31 bits per heavy atom. The van der Waals surface area contributed by atoms with Crippen molar-refractivity contribution >= 4 is 33.8 Å². The average molecular weight is 388 g/mol. The fourth-order valence-electron chi connectivity index (χ4n) is 3.39. The number of nitriles is 1. The van der Waals surface area contributed by atoms with E-state index in [0.717, 1.165) is 30.4 Å². The normalized spacial score (nSPS) is 14.1. The predicted octanol–water partition coefficient (Wildman–Crippen LogP) is 4.69. The van der Waals surface area contributed by atoms with E-state index in [2.05, 4.69) is 30.6 Å². The lowest BCUT2D eigenvalue weighted by Gasteiger charge is -2.22. The van der Waals surface area contributed by atoms with Crippen LogP contribution in [0.3, 0.4) is 0 Å². The first kappa shape index (κ1) is 18.9. The van der Waals surface area contributed by atoms with Crippen LogP contribution in [0.4, 0.5) is 5.00 Å². The highest BCUT2D eigenvalue weighted by molar-refractivity contribution is 7.16. The topological polar surface area (TPSA) is 64.9 Å². The first-order valence-electron chi connectivity index (χ1n) is 8.83.